The second-order valence-corrected chi connectivity index (χ2v) is 2.14. The summed E-state index contributed by atoms with van der Waals surface area (Å²) >= 11 is 0. The number of carbonyl (C=O) groups excluding carboxylic acids is 1. The zero-order valence-corrected chi connectivity index (χ0v) is 6.22. The Hall–Kier alpha value is -0.790. The average Bonchev–Trinajstić information content (AvgIpc) is 1.82. The maximum atomic E-state index is 10.2. The second kappa shape index (κ2) is 4.13. The third kappa shape index (κ3) is 3.76. The zero-order chi connectivity index (χ0) is 7.28. The Morgan fingerprint density at radius 2 is 2.11 bits per heavy atom. The summed E-state index contributed by atoms with van der Waals surface area (Å²) in [6, 6.07) is 0. The molecule has 0 aromatic carbocycles. The number of carbonyl (C=O) groups is 1. The van der Waals surface area contributed by atoms with Crippen LogP contribution in [0.15, 0.2) is 11.8 Å². The van der Waals surface area contributed by atoms with E-state index in [1.54, 1.807) is 0 Å². The minimum Gasteiger partial charge on any atom is -0.383 e. The van der Waals surface area contributed by atoms with Gasteiger partial charge in [-0.25, -0.2) is 0 Å². The van der Waals surface area contributed by atoms with Crippen molar-refractivity contribution in [1.29, 1.82) is 0 Å². The van der Waals surface area contributed by atoms with E-state index in [0.29, 0.717) is 0 Å². The highest BCUT2D eigenvalue weighted by Gasteiger charge is 1.88. The first-order valence-corrected chi connectivity index (χ1v) is 3.03. The molecule has 0 spiro atoms. The molecular formula is C7H13NO. The van der Waals surface area contributed by atoms with Crippen LogP contribution in [0.2, 0.25) is 0 Å². The van der Waals surface area contributed by atoms with Crippen molar-refractivity contribution < 1.29 is 4.79 Å². The molecule has 0 aliphatic heterocycles. The molecule has 0 unspecified atom stereocenters. The van der Waals surface area contributed by atoms with E-state index in [9.17, 15) is 4.79 Å². The standard InChI is InChI=1S/C7H13NO/c1-4-7(6-9)5-8(2)3/h5-6H,4H2,1-3H3. The number of hydrogen-bond donors (Lipinski definition) is 0. The van der Waals surface area contributed by atoms with Crippen molar-refractivity contribution in [3.05, 3.63) is 11.8 Å². The van der Waals surface area contributed by atoms with Gasteiger partial charge in [0.25, 0.3) is 0 Å². The van der Waals surface area contributed by atoms with Crippen molar-refractivity contribution in [2.24, 2.45) is 0 Å². The van der Waals surface area contributed by atoms with E-state index in [1.807, 2.05) is 32.1 Å². The topological polar surface area (TPSA) is 20.3 Å². The molecule has 0 atom stereocenters. The van der Waals surface area contributed by atoms with Crippen molar-refractivity contribution in [3.63, 3.8) is 0 Å². The second-order valence-electron chi connectivity index (χ2n) is 2.14. The van der Waals surface area contributed by atoms with E-state index in [2.05, 4.69) is 0 Å². The SMILES string of the molecule is CCC(C=O)=CN(C)C. The summed E-state index contributed by atoms with van der Waals surface area (Å²) in [6.45, 7) is 1.96. The molecule has 0 aliphatic rings. The largest absolute Gasteiger partial charge is 0.383 e. The van der Waals surface area contributed by atoms with Gasteiger partial charge in [-0.3, -0.25) is 4.79 Å². The summed E-state index contributed by atoms with van der Waals surface area (Å²) in [4.78, 5) is 12.0. The van der Waals surface area contributed by atoms with E-state index < -0.39 is 0 Å². The highest BCUT2D eigenvalue weighted by Crippen LogP contribution is 1.95. The summed E-state index contributed by atoms with van der Waals surface area (Å²) in [5.41, 5.74) is 0.833. The minimum absolute atomic E-state index is 0.807. The third-order valence-electron chi connectivity index (χ3n) is 0.984. The van der Waals surface area contributed by atoms with Gasteiger partial charge in [0, 0.05) is 25.9 Å². The van der Waals surface area contributed by atoms with Crippen LogP contribution in [0.1, 0.15) is 13.3 Å². The molecule has 9 heavy (non-hydrogen) atoms. The summed E-state index contributed by atoms with van der Waals surface area (Å²) < 4.78 is 0. The number of rotatable bonds is 3. The number of nitrogens with zero attached hydrogens (tertiary/aromatic N) is 1. The lowest BCUT2D eigenvalue weighted by Crippen LogP contribution is -2.03. The molecule has 0 heterocycles. The van der Waals surface area contributed by atoms with Gasteiger partial charge in [-0.15, -0.1) is 0 Å². The molecule has 0 bridgehead atoms. The highest BCUT2D eigenvalue weighted by molar-refractivity contribution is 5.72. The molecule has 0 fully saturated rings. The van der Waals surface area contributed by atoms with Gasteiger partial charge in [-0.05, 0) is 6.42 Å². The van der Waals surface area contributed by atoms with Crippen LogP contribution in [-0.2, 0) is 4.79 Å². The van der Waals surface area contributed by atoms with Crippen molar-refractivity contribution in [2.75, 3.05) is 14.1 Å². The van der Waals surface area contributed by atoms with Gasteiger partial charge in [-0.2, -0.15) is 0 Å². The van der Waals surface area contributed by atoms with Gasteiger partial charge < -0.3 is 4.90 Å². The van der Waals surface area contributed by atoms with E-state index in [4.69, 9.17) is 0 Å². The Morgan fingerprint density at radius 1 is 1.56 bits per heavy atom. The molecular weight excluding hydrogens is 114 g/mol. The van der Waals surface area contributed by atoms with E-state index >= 15 is 0 Å². The fourth-order valence-electron chi connectivity index (χ4n) is 0.537. The number of hydrogen-bond acceptors (Lipinski definition) is 2. The molecule has 0 radical (unpaired) electrons. The third-order valence-corrected chi connectivity index (χ3v) is 0.984. The van der Waals surface area contributed by atoms with Crippen LogP contribution in [0.3, 0.4) is 0 Å². The summed E-state index contributed by atoms with van der Waals surface area (Å²) in [6.07, 6.45) is 3.52. The molecule has 0 aromatic heterocycles. The van der Waals surface area contributed by atoms with Gasteiger partial charge in [0.1, 0.15) is 6.29 Å². The Labute approximate surface area is 56.2 Å². The summed E-state index contributed by atoms with van der Waals surface area (Å²) in [7, 11) is 3.80. The Kier molecular flexibility index (Phi) is 3.76. The van der Waals surface area contributed by atoms with Gasteiger partial charge in [0.05, 0.1) is 0 Å². The quantitative estimate of drug-likeness (QED) is 0.417. The minimum atomic E-state index is 0.807. The Morgan fingerprint density at radius 3 is 2.22 bits per heavy atom. The predicted molar refractivity (Wildman–Crippen MR) is 38.1 cm³/mol. The molecule has 2 nitrogen and oxygen atoms in total. The average molecular weight is 127 g/mol. The fourth-order valence-corrected chi connectivity index (χ4v) is 0.537. The van der Waals surface area contributed by atoms with Gasteiger partial charge in [-0.1, -0.05) is 6.92 Å². The van der Waals surface area contributed by atoms with Crippen LogP contribution in [-0.4, -0.2) is 25.3 Å². The van der Waals surface area contributed by atoms with Gasteiger partial charge >= 0.3 is 0 Å². The number of allylic oxidation sites excluding steroid dienone is 1. The maximum absolute atomic E-state index is 10.2. The molecule has 0 saturated heterocycles. The monoisotopic (exact) mass is 127 g/mol. The Bertz CT molecular complexity index is 116. The lowest BCUT2D eigenvalue weighted by Gasteiger charge is -2.04. The first-order valence-electron chi connectivity index (χ1n) is 3.03. The van der Waals surface area contributed by atoms with Crippen LogP contribution in [0, 0.1) is 0 Å². The zero-order valence-electron chi connectivity index (χ0n) is 6.22. The molecule has 0 rings (SSSR count). The smallest absolute Gasteiger partial charge is 0.147 e. The predicted octanol–water partition coefficient (Wildman–Crippen LogP) is 1.04. The normalized spacial score (nSPS) is 11.2. The van der Waals surface area contributed by atoms with Crippen LogP contribution in [0.25, 0.3) is 0 Å². The van der Waals surface area contributed by atoms with Crippen molar-refractivity contribution >= 4 is 6.29 Å². The fraction of sp³-hybridized carbons (Fsp3) is 0.571. The van der Waals surface area contributed by atoms with Crippen LogP contribution in [0.4, 0.5) is 0 Å². The molecule has 52 valence electrons. The first-order chi connectivity index (χ1) is 4.20. The maximum Gasteiger partial charge on any atom is 0.147 e. The molecule has 0 saturated carbocycles. The van der Waals surface area contributed by atoms with E-state index in [0.717, 1.165) is 18.3 Å². The van der Waals surface area contributed by atoms with Crippen LogP contribution < -0.4 is 0 Å². The number of aldehydes is 1. The summed E-state index contributed by atoms with van der Waals surface area (Å²) in [5.74, 6) is 0. The molecule has 0 amide bonds. The van der Waals surface area contributed by atoms with E-state index in [-0.39, 0.29) is 0 Å². The van der Waals surface area contributed by atoms with Crippen LogP contribution in [0.5, 0.6) is 0 Å². The lowest BCUT2D eigenvalue weighted by molar-refractivity contribution is -0.105. The van der Waals surface area contributed by atoms with Crippen LogP contribution >= 0.6 is 0 Å². The first kappa shape index (κ1) is 8.21. The molecule has 0 N–H and O–H groups in total. The Balaban J connectivity index is 3.90. The molecule has 0 aromatic rings. The van der Waals surface area contributed by atoms with Crippen molar-refractivity contribution in [1.82, 2.24) is 4.90 Å². The lowest BCUT2D eigenvalue weighted by atomic mass is 10.2. The summed E-state index contributed by atoms with van der Waals surface area (Å²) in [5, 5.41) is 0. The van der Waals surface area contributed by atoms with Gasteiger partial charge in [0.2, 0.25) is 0 Å². The van der Waals surface area contributed by atoms with Crippen molar-refractivity contribution in [2.45, 2.75) is 13.3 Å². The van der Waals surface area contributed by atoms with Gasteiger partial charge in [0.15, 0.2) is 0 Å². The van der Waals surface area contributed by atoms with E-state index in [1.165, 1.54) is 0 Å². The molecule has 0 aliphatic carbocycles. The van der Waals surface area contributed by atoms with Crippen molar-refractivity contribution in [3.8, 4) is 0 Å². The molecule has 2 heteroatoms. The highest BCUT2D eigenvalue weighted by atomic mass is 16.1.